The van der Waals surface area contributed by atoms with Crippen molar-refractivity contribution in [1.29, 1.82) is 0 Å². The Hall–Kier alpha value is -1.22. The van der Waals surface area contributed by atoms with Crippen LogP contribution in [0.5, 0.6) is 11.5 Å². The Balaban J connectivity index is 2.65. The average Bonchev–Trinajstić information content (AvgIpc) is 2.19. The molecule has 0 aliphatic heterocycles. The monoisotopic (exact) mass is 195 g/mol. The Labute approximate surface area is 85.0 Å². The molecule has 0 spiro atoms. The van der Waals surface area contributed by atoms with Crippen LogP contribution in [0.4, 0.5) is 0 Å². The highest BCUT2D eigenvalue weighted by Crippen LogP contribution is 2.26. The van der Waals surface area contributed by atoms with E-state index in [0.29, 0.717) is 0 Å². The van der Waals surface area contributed by atoms with Gasteiger partial charge in [0.2, 0.25) is 0 Å². The molecule has 1 N–H and O–H groups in total. The molecule has 0 unspecified atom stereocenters. The van der Waals surface area contributed by atoms with E-state index in [-0.39, 0.29) is 6.10 Å². The Morgan fingerprint density at radius 1 is 1.29 bits per heavy atom. The molecule has 3 nitrogen and oxygen atoms in total. The van der Waals surface area contributed by atoms with E-state index in [1.54, 1.807) is 7.11 Å². The minimum atomic E-state index is 0.135. The number of hydrogen-bond donors (Lipinski definition) is 1. The maximum absolute atomic E-state index is 5.69. The Kier molecular flexibility index (Phi) is 4.26. The summed E-state index contributed by atoms with van der Waals surface area (Å²) in [7, 11) is 3.55. The van der Waals surface area contributed by atoms with Gasteiger partial charge in [-0.15, -0.1) is 0 Å². The minimum Gasteiger partial charge on any atom is -0.493 e. The van der Waals surface area contributed by atoms with E-state index in [2.05, 4.69) is 5.32 Å². The second-order valence-electron chi connectivity index (χ2n) is 3.14. The standard InChI is InChI=1S/C11H17NO2/c1-9(8-12-2)14-11-7-5-4-6-10(11)13-3/h4-7,9,12H,8H2,1-3H3/t9-/m1/s1. The number of ether oxygens (including phenoxy) is 2. The zero-order valence-corrected chi connectivity index (χ0v) is 8.91. The van der Waals surface area contributed by atoms with Gasteiger partial charge in [-0.2, -0.15) is 0 Å². The highest BCUT2D eigenvalue weighted by molar-refractivity contribution is 5.39. The Bertz CT molecular complexity index is 276. The summed E-state index contributed by atoms with van der Waals surface area (Å²) in [5.41, 5.74) is 0. The van der Waals surface area contributed by atoms with Gasteiger partial charge in [-0.3, -0.25) is 0 Å². The van der Waals surface area contributed by atoms with E-state index in [0.717, 1.165) is 18.0 Å². The molecule has 1 aromatic carbocycles. The van der Waals surface area contributed by atoms with Crippen molar-refractivity contribution in [3.8, 4) is 11.5 Å². The summed E-state index contributed by atoms with van der Waals surface area (Å²) in [5.74, 6) is 1.56. The average molecular weight is 195 g/mol. The molecular formula is C11H17NO2. The number of hydrogen-bond acceptors (Lipinski definition) is 3. The molecule has 0 aliphatic rings. The fraction of sp³-hybridized carbons (Fsp3) is 0.455. The molecule has 0 saturated heterocycles. The van der Waals surface area contributed by atoms with Crippen LogP contribution in [0.3, 0.4) is 0 Å². The Morgan fingerprint density at radius 2 is 1.93 bits per heavy atom. The SMILES string of the molecule is CNC[C@@H](C)Oc1ccccc1OC. The number of methoxy groups -OCH3 is 1. The molecule has 0 bridgehead atoms. The van der Waals surface area contributed by atoms with Crippen molar-refractivity contribution in [1.82, 2.24) is 5.32 Å². The highest BCUT2D eigenvalue weighted by atomic mass is 16.5. The normalized spacial score (nSPS) is 12.2. The largest absolute Gasteiger partial charge is 0.493 e. The summed E-state index contributed by atoms with van der Waals surface area (Å²) in [6.45, 7) is 2.83. The third-order valence-electron chi connectivity index (χ3n) is 1.89. The molecular weight excluding hydrogens is 178 g/mol. The van der Waals surface area contributed by atoms with Crippen LogP contribution in [-0.4, -0.2) is 26.8 Å². The van der Waals surface area contributed by atoms with E-state index in [9.17, 15) is 0 Å². The summed E-state index contributed by atoms with van der Waals surface area (Å²) in [6.07, 6.45) is 0.135. The van der Waals surface area contributed by atoms with Crippen LogP contribution in [0.25, 0.3) is 0 Å². The maximum atomic E-state index is 5.69. The molecule has 0 heterocycles. The third-order valence-corrected chi connectivity index (χ3v) is 1.89. The quantitative estimate of drug-likeness (QED) is 0.775. The number of nitrogens with one attached hydrogen (secondary N) is 1. The predicted octanol–water partition coefficient (Wildman–Crippen LogP) is 1.68. The first-order valence-electron chi connectivity index (χ1n) is 4.72. The molecule has 1 atom stereocenters. The van der Waals surface area contributed by atoms with Crippen LogP contribution in [0.15, 0.2) is 24.3 Å². The number of para-hydroxylation sites is 2. The first kappa shape index (κ1) is 10.9. The zero-order valence-electron chi connectivity index (χ0n) is 8.91. The molecule has 0 radical (unpaired) electrons. The van der Waals surface area contributed by atoms with Crippen molar-refractivity contribution < 1.29 is 9.47 Å². The summed E-state index contributed by atoms with van der Waals surface area (Å²) in [4.78, 5) is 0. The van der Waals surface area contributed by atoms with Gasteiger partial charge in [-0.25, -0.2) is 0 Å². The summed E-state index contributed by atoms with van der Waals surface area (Å²) in [5, 5.41) is 3.06. The van der Waals surface area contributed by atoms with E-state index in [1.165, 1.54) is 0 Å². The van der Waals surface area contributed by atoms with Crippen molar-refractivity contribution in [2.24, 2.45) is 0 Å². The first-order valence-corrected chi connectivity index (χ1v) is 4.72. The molecule has 1 aromatic rings. The fourth-order valence-electron chi connectivity index (χ4n) is 1.26. The van der Waals surface area contributed by atoms with Crippen molar-refractivity contribution in [3.63, 3.8) is 0 Å². The second kappa shape index (κ2) is 5.50. The van der Waals surface area contributed by atoms with E-state index >= 15 is 0 Å². The van der Waals surface area contributed by atoms with Crippen molar-refractivity contribution in [2.75, 3.05) is 20.7 Å². The van der Waals surface area contributed by atoms with E-state index < -0.39 is 0 Å². The van der Waals surface area contributed by atoms with Crippen molar-refractivity contribution in [2.45, 2.75) is 13.0 Å². The number of rotatable bonds is 5. The third kappa shape index (κ3) is 2.92. The predicted molar refractivity (Wildman–Crippen MR) is 57.0 cm³/mol. The molecule has 14 heavy (non-hydrogen) atoms. The van der Waals surface area contributed by atoms with Gasteiger partial charge in [-0.05, 0) is 26.1 Å². The van der Waals surface area contributed by atoms with Crippen LogP contribution in [0.1, 0.15) is 6.92 Å². The van der Waals surface area contributed by atoms with Crippen LogP contribution >= 0.6 is 0 Å². The van der Waals surface area contributed by atoms with Gasteiger partial charge in [0.25, 0.3) is 0 Å². The molecule has 78 valence electrons. The van der Waals surface area contributed by atoms with Gasteiger partial charge in [-0.1, -0.05) is 12.1 Å². The molecule has 3 heteroatoms. The topological polar surface area (TPSA) is 30.5 Å². The molecule has 0 aliphatic carbocycles. The van der Waals surface area contributed by atoms with Crippen LogP contribution < -0.4 is 14.8 Å². The zero-order chi connectivity index (χ0) is 10.4. The number of benzene rings is 1. The lowest BCUT2D eigenvalue weighted by Gasteiger charge is -2.16. The first-order chi connectivity index (χ1) is 6.77. The van der Waals surface area contributed by atoms with Gasteiger partial charge < -0.3 is 14.8 Å². The van der Waals surface area contributed by atoms with E-state index in [1.807, 2.05) is 38.2 Å². The minimum absolute atomic E-state index is 0.135. The van der Waals surface area contributed by atoms with Crippen molar-refractivity contribution in [3.05, 3.63) is 24.3 Å². The van der Waals surface area contributed by atoms with Gasteiger partial charge >= 0.3 is 0 Å². The van der Waals surface area contributed by atoms with Gasteiger partial charge in [0.1, 0.15) is 6.10 Å². The maximum Gasteiger partial charge on any atom is 0.161 e. The molecule has 0 fully saturated rings. The lowest BCUT2D eigenvalue weighted by atomic mass is 10.3. The van der Waals surface area contributed by atoms with Crippen LogP contribution in [0, 0.1) is 0 Å². The highest BCUT2D eigenvalue weighted by Gasteiger charge is 2.06. The van der Waals surface area contributed by atoms with E-state index in [4.69, 9.17) is 9.47 Å². The molecule has 0 saturated carbocycles. The second-order valence-corrected chi connectivity index (χ2v) is 3.14. The molecule has 1 rings (SSSR count). The lowest BCUT2D eigenvalue weighted by Crippen LogP contribution is -2.26. The number of likely N-dealkylation sites (N-methyl/N-ethyl adjacent to an activating group) is 1. The van der Waals surface area contributed by atoms with Crippen molar-refractivity contribution >= 4 is 0 Å². The smallest absolute Gasteiger partial charge is 0.161 e. The summed E-state index contributed by atoms with van der Waals surface area (Å²) >= 11 is 0. The van der Waals surface area contributed by atoms with Gasteiger partial charge in [0.15, 0.2) is 11.5 Å². The lowest BCUT2D eigenvalue weighted by molar-refractivity contribution is 0.211. The molecule has 0 aromatic heterocycles. The fourth-order valence-corrected chi connectivity index (χ4v) is 1.26. The van der Waals surface area contributed by atoms with Gasteiger partial charge in [0.05, 0.1) is 7.11 Å². The Morgan fingerprint density at radius 3 is 2.50 bits per heavy atom. The summed E-state index contributed by atoms with van der Waals surface area (Å²) < 4.78 is 10.9. The molecule has 0 amide bonds. The summed E-state index contributed by atoms with van der Waals surface area (Å²) in [6, 6.07) is 7.66. The van der Waals surface area contributed by atoms with Crippen LogP contribution in [0.2, 0.25) is 0 Å². The van der Waals surface area contributed by atoms with Gasteiger partial charge in [0, 0.05) is 6.54 Å². The van der Waals surface area contributed by atoms with Crippen LogP contribution in [-0.2, 0) is 0 Å².